The first-order valence-corrected chi connectivity index (χ1v) is 4.80. The van der Waals surface area contributed by atoms with Crippen molar-refractivity contribution in [2.45, 2.75) is 18.9 Å². The van der Waals surface area contributed by atoms with E-state index in [1.807, 2.05) is 0 Å². The maximum atomic E-state index is 10.6. The van der Waals surface area contributed by atoms with Crippen LogP contribution in [0, 0.1) is 5.92 Å². The van der Waals surface area contributed by atoms with Gasteiger partial charge in [-0.3, -0.25) is 0 Å². The fourth-order valence-corrected chi connectivity index (χ4v) is 1.75. The average Bonchev–Trinajstić information content (AvgIpc) is 2.62. The molecule has 82 valence electrons. The Balaban J connectivity index is 2.30. The van der Waals surface area contributed by atoms with Crippen LogP contribution in [0.15, 0.2) is 0 Å². The lowest BCUT2D eigenvalue weighted by molar-refractivity contribution is 0.0685. The second-order valence-corrected chi connectivity index (χ2v) is 3.63. The highest BCUT2D eigenvalue weighted by Crippen LogP contribution is 2.21. The lowest BCUT2D eigenvalue weighted by atomic mass is 9.99. The van der Waals surface area contributed by atoms with Crippen LogP contribution in [0.1, 0.15) is 12.8 Å². The molecule has 2 unspecified atom stereocenters. The van der Waals surface area contributed by atoms with Crippen molar-refractivity contribution in [3.63, 3.8) is 0 Å². The summed E-state index contributed by atoms with van der Waals surface area (Å²) in [5, 5.41) is 18.4. The molecule has 1 saturated heterocycles. The first-order valence-electron chi connectivity index (χ1n) is 4.80. The molecule has 0 aromatic rings. The lowest BCUT2D eigenvalue weighted by Gasteiger charge is -2.17. The van der Waals surface area contributed by atoms with Gasteiger partial charge < -0.3 is 19.8 Å². The van der Waals surface area contributed by atoms with Crippen molar-refractivity contribution < 1.29 is 19.7 Å². The third-order valence-electron chi connectivity index (χ3n) is 2.66. The van der Waals surface area contributed by atoms with Crippen LogP contribution in [0.25, 0.3) is 0 Å². The van der Waals surface area contributed by atoms with Gasteiger partial charge in [0.25, 0.3) is 0 Å². The summed E-state index contributed by atoms with van der Waals surface area (Å²) < 4.78 is 4.86. The summed E-state index contributed by atoms with van der Waals surface area (Å²) in [6.07, 6.45) is -0.0167. The smallest absolute Gasteiger partial charge is 0.407 e. The topological polar surface area (TPSA) is 70.0 Å². The second kappa shape index (κ2) is 5.17. The van der Waals surface area contributed by atoms with E-state index in [1.165, 1.54) is 4.90 Å². The van der Waals surface area contributed by atoms with Gasteiger partial charge in [0, 0.05) is 32.7 Å². The number of amides is 1. The molecule has 5 heteroatoms. The van der Waals surface area contributed by atoms with Crippen LogP contribution < -0.4 is 0 Å². The van der Waals surface area contributed by atoms with Gasteiger partial charge in [-0.05, 0) is 12.8 Å². The monoisotopic (exact) mass is 203 g/mol. The number of methoxy groups -OCH3 is 1. The van der Waals surface area contributed by atoms with E-state index >= 15 is 0 Å². The number of aliphatic hydroxyl groups is 1. The van der Waals surface area contributed by atoms with E-state index in [0.717, 1.165) is 6.42 Å². The van der Waals surface area contributed by atoms with E-state index in [2.05, 4.69) is 0 Å². The summed E-state index contributed by atoms with van der Waals surface area (Å²) >= 11 is 0. The van der Waals surface area contributed by atoms with Crippen molar-refractivity contribution >= 4 is 6.09 Å². The third kappa shape index (κ3) is 2.85. The molecule has 1 aliphatic rings. The number of nitrogens with zero attached hydrogens (tertiary/aromatic N) is 1. The van der Waals surface area contributed by atoms with E-state index < -0.39 is 12.2 Å². The first kappa shape index (κ1) is 11.3. The third-order valence-corrected chi connectivity index (χ3v) is 2.66. The normalized spacial score (nSPS) is 23.9. The fraction of sp³-hybridized carbons (Fsp3) is 0.889. The number of ether oxygens (including phenoxy) is 1. The van der Waals surface area contributed by atoms with Crippen molar-refractivity contribution in [1.82, 2.24) is 4.90 Å². The van der Waals surface area contributed by atoms with Gasteiger partial charge in [0.05, 0.1) is 6.10 Å². The zero-order chi connectivity index (χ0) is 10.6. The van der Waals surface area contributed by atoms with Gasteiger partial charge in [-0.1, -0.05) is 0 Å². The maximum Gasteiger partial charge on any atom is 0.407 e. The Morgan fingerprint density at radius 1 is 1.71 bits per heavy atom. The van der Waals surface area contributed by atoms with Crippen molar-refractivity contribution in [1.29, 1.82) is 0 Å². The van der Waals surface area contributed by atoms with Crippen molar-refractivity contribution in [2.75, 3.05) is 26.8 Å². The molecule has 1 heterocycles. The summed E-state index contributed by atoms with van der Waals surface area (Å²) in [5.74, 6) is 0.0706. The zero-order valence-corrected chi connectivity index (χ0v) is 8.35. The van der Waals surface area contributed by atoms with Gasteiger partial charge in [-0.25, -0.2) is 4.79 Å². The fourth-order valence-electron chi connectivity index (χ4n) is 1.75. The van der Waals surface area contributed by atoms with Crippen LogP contribution in [0.3, 0.4) is 0 Å². The molecule has 14 heavy (non-hydrogen) atoms. The Morgan fingerprint density at radius 2 is 2.43 bits per heavy atom. The van der Waals surface area contributed by atoms with Crippen LogP contribution in [0.5, 0.6) is 0 Å². The molecule has 0 aromatic heterocycles. The standard InChI is InChI=1S/C9H17NO4/c1-14-5-3-8(11)7-2-4-10(6-7)9(12)13/h7-8,11H,2-6H2,1H3,(H,12,13). The van der Waals surface area contributed by atoms with E-state index in [4.69, 9.17) is 9.84 Å². The Labute approximate surface area is 83.3 Å². The molecule has 2 N–H and O–H groups in total. The predicted molar refractivity (Wildman–Crippen MR) is 50.2 cm³/mol. The summed E-state index contributed by atoms with van der Waals surface area (Å²) in [6, 6.07) is 0. The quantitative estimate of drug-likeness (QED) is 0.693. The number of hydrogen-bond donors (Lipinski definition) is 2. The Bertz CT molecular complexity index is 197. The van der Waals surface area contributed by atoms with Gasteiger partial charge in [0.1, 0.15) is 0 Å². The molecule has 0 aromatic carbocycles. The maximum absolute atomic E-state index is 10.6. The Kier molecular flexibility index (Phi) is 4.16. The summed E-state index contributed by atoms with van der Waals surface area (Å²) in [6.45, 7) is 1.50. The van der Waals surface area contributed by atoms with Gasteiger partial charge in [0.15, 0.2) is 0 Å². The predicted octanol–water partition coefficient (Wildman–Crippen LogP) is 0.384. The number of aliphatic hydroxyl groups excluding tert-OH is 1. The van der Waals surface area contributed by atoms with E-state index in [1.54, 1.807) is 7.11 Å². The van der Waals surface area contributed by atoms with Crippen LogP contribution in [0.4, 0.5) is 4.79 Å². The highest BCUT2D eigenvalue weighted by Gasteiger charge is 2.30. The SMILES string of the molecule is COCCC(O)C1CCN(C(=O)O)C1. The highest BCUT2D eigenvalue weighted by atomic mass is 16.5. The van der Waals surface area contributed by atoms with E-state index in [0.29, 0.717) is 26.1 Å². The molecule has 1 aliphatic heterocycles. The number of rotatable bonds is 4. The Morgan fingerprint density at radius 3 is 2.93 bits per heavy atom. The van der Waals surface area contributed by atoms with E-state index in [9.17, 15) is 9.90 Å². The summed E-state index contributed by atoms with van der Waals surface area (Å²) in [4.78, 5) is 12.0. The molecule has 5 nitrogen and oxygen atoms in total. The summed E-state index contributed by atoms with van der Waals surface area (Å²) in [7, 11) is 1.59. The first-order chi connectivity index (χ1) is 6.65. The number of hydrogen-bond acceptors (Lipinski definition) is 3. The minimum absolute atomic E-state index is 0.0706. The average molecular weight is 203 g/mol. The van der Waals surface area contributed by atoms with Gasteiger partial charge in [-0.15, -0.1) is 0 Å². The summed E-state index contributed by atoms with van der Waals surface area (Å²) in [5.41, 5.74) is 0. The van der Waals surface area contributed by atoms with Crippen molar-refractivity contribution in [3.05, 3.63) is 0 Å². The second-order valence-electron chi connectivity index (χ2n) is 3.63. The minimum Gasteiger partial charge on any atom is -0.465 e. The molecular formula is C9H17NO4. The molecule has 0 saturated carbocycles. The number of carbonyl (C=O) groups is 1. The minimum atomic E-state index is -0.897. The molecule has 2 atom stereocenters. The van der Waals surface area contributed by atoms with Crippen molar-refractivity contribution in [2.24, 2.45) is 5.92 Å². The highest BCUT2D eigenvalue weighted by molar-refractivity contribution is 5.65. The van der Waals surface area contributed by atoms with Crippen LogP contribution in [0.2, 0.25) is 0 Å². The molecule has 0 radical (unpaired) electrons. The van der Waals surface area contributed by atoms with Crippen LogP contribution in [-0.2, 0) is 4.74 Å². The lowest BCUT2D eigenvalue weighted by Crippen LogP contribution is -2.30. The molecule has 1 amide bonds. The van der Waals surface area contributed by atoms with Gasteiger partial charge in [-0.2, -0.15) is 0 Å². The largest absolute Gasteiger partial charge is 0.465 e. The molecule has 1 fully saturated rings. The Hall–Kier alpha value is -0.810. The zero-order valence-electron chi connectivity index (χ0n) is 8.35. The molecule has 1 rings (SSSR count). The van der Waals surface area contributed by atoms with Crippen LogP contribution in [-0.4, -0.2) is 54.1 Å². The van der Waals surface area contributed by atoms with Crippen molar-refractivity contribution in [3.8, 4) is 0 Å². The molecule has 0 bridgehead atoms. The van der Waals surface area contributed by atoms with Crippen LogP contribution >= 0.6 is 0 Å². The molecular weight excluding hydrogens is 186 g/mol. The number of carboxylic acid groups (broad SMARTS) is 1. The van der Waals surface area contributed by atoms with Gasteiger partial charge in [0.2, 0.25) is 0 Å². The molecule has 0 spiro atoms. The number of likely N-dealkylation sites (tertiary alicyclic amines) is 1. The van der Waals surface area contributed by atoms with E-state index in [-0.39, 0.29) is 5.92 Å². The van der Waals surface area contributed by atoms with Gasteiger partial charge >= 0.3 is 6.09 Å². The molecule has 0 aliphatic carbocycles.